The quantitative estimate of drug-likeness (QED) is 0.374. The number of nitrogens with one attached hydrogen (secondary N) is 2. The summed E-state index contributed by atoms with van der Waals surface area (Å²) < 4.78 is 19.5. The van der Waals surface area contributed by atoms with Crippen molar-refractivity contribution in [3.63, 3.8) is 0 Å². The topological polar surface area (TPSA) is 83.6 Å². The molecule has 2 heterocycles. The first kappa shape index (κ1) is 28.9. The average molecular weight is 521 g/mol. The van der Waals surface area contributed by atoms with E-state index < -0.39 is 5.91 Å². The Kier molecular flexibility index (Phi) is 9.72. The first-order valence-corrected chi connectivity index (χ1v) is 12.7. The third-order valence-electron chi connectivity index (χ3n) is 6.71. The zero-order valence-electron chi connectivity index (χ0n) is 22.8. The molecular formula is C30H37FN4O3. The van der Waals surface area contributed by atoms with E-state index in [1.54, 1.807) is 36.4 Å². The van der Waals surface area contributed by atoms with E-state index in [0.29, 0.717) is 48.9 Å². The van der Waals surface area contributed by atoms with Gasteiger partial charge in [0.1, 0.15) is 5.82 Å². The van der Waals surface area contributed by atoms with Gasteiger partial charge in [0.05, 0.1) is 36.8 Å². The van der Waals surface area contributed by atoms with Crippen LogP contribution in [0.15, 0.2) is 78.2 Å². The van der Waals surface area contributed by atoms with Gasteiger partial charge in [-0.2, -0.15) is 0 Å². The molecule has 1 saturated heterocycles. The zero-order chi connectivity index (χ0) is 27.9. The van der Waals surface area contributed by atoms with Gasteiger partial charge in [-0.25, -0.2) is 4.39 Å². The molecule has 2 amide bonds. The summed E-state index contributed by atoms with van der Waals surface area (Å²) in [6.07, 6.45) is 4.57. The van der Waals surface area contributed by atoms with Gasteiger partial charge in [-0.15, -0.1) is 0 Å². The van der Waals surface area contributed by atoms with Gasteiger partial charge >= 0.3 is 0 Å². The summed E-state index contributed by atoms with van der Waals surface area (Å²) in [7, 11) is 0. The minimum absolute atomic E-state index is 0.154. The van der Waals surface area contributed by atoms with Crippen molar-refractivity contribution in [3.05, 3.63) is 84.0 Å². The SMILES string of the molecule is C=C/C(=C\C(NC(=O)C(C)N1CCOCC1)=C(/C)C(C)(C)C)C(=O)Nc1ccc(-c2ccccc2F)nc1. The van der Waals surface area contributed by atoms with Crippen LogP contribution >= 0.6 is 0 Å². The summed E-state index contributed by atoms with van der Waals surface area (Å²) in [5.74, 6) is -0.930. The van der Waals surface area contributed by atoms with Gasteiger partial charge in [0, 0.05) is 29.9 Å². The van der Waals surface area contributed by atoms with Crippen molar-refractivity contribution in [1.82, 2.24) is 15.2 Å². The van der Waals surface area contributed by atoms with Crippen molar-refractivity contribution in [1.29, 1.82) is 0 Å². The maximum Gasteiger partial charge on any atom is 0.255 e. The van der Waals surface area contributed by atoms with E-state index in [1.165, 1.54) is 18.3 Å². The number of amides is 2. The molecule has 1 aromatic heterocycles. The number of aromatic nitrogens is 1. The minimum atomic E-state index is -0.407. The summed E-state index contributed by atoms with van der Waals surface area (Å²) in [5.41, 5.74) is 2.79. The standard InChI is InChI=1S/C30H37FN4O3/c1-7-22(29(37)33-23-12-13-26(32-19-23)24-10-8-9-11-25(24)31)18-27(20(2)30(4,5)6)34-28(36)21(3)35-14-16-38-17-15-35/h7-13,18-19,21H,1,14-17H2,2-6H3,(H,33,37)(H,34,36)/b22-18+,27-20-. The summed E-state index contributed by atoms with van der Waals surface area (Å²) in [6, 6.07) is 9.33. The van der Waals surface area contributed by atoms with Crippen LogP contribution in [0.3, 0.4) is 0 Å². The van der Waals surface area contributed by atoms with Gasteiger partial charge in [0.2, 0.25) is 5.91 Å². The number of carbonyl (C=O) groups excluding carboxylic acids is 2. The van der Waals surface area contributed by atoms with Crippen LogP contribution < -0.4 is 10.6 Å². The van der Waals surface area contributed by atoms with Crippen molar-refractivity contribution >= 4 is 17.5 Å². The van der Waals surface area contributed by atoms with E-state index in [4.69, 9.17) is 4.74 Å². The van der Waals surface area contributed by atoms with Crippen LogP contribution in [0.1, 0.15) is 34.6 Å². The van der Waals surface area contributed by atoms with Gasteiger partial charge < -0.3 is 15.4 Å². The Labute approximate surface area is 224 Å². The number of hydrogen-bond donors (Lipinski definition) is 2. The molecular weight excluding hydrogens is 483 g/mol. The Balaban J connectivity index is 1.81. The molecule has 3 rings (SSSR count). The van der Waals surface area contributed by atoms with E-state index in [9.17, 15) is 14.0 Å². The number of hydrogen-bond acceptors (Lipinski definition) is 5. The second-order valence-electron chi connectivity index (χ2n) is 10.3. The molecule has 2 aromatic rings. The van der Waals surface area contributed by atoms with Gasteiger partial charge in [-0.3, -0.25) is 19.5 Å². The normalized spacial score (nSPS) is 16.3. The van der Waals surface area contributed by atoms with E-state index in [1.807, 2.05) is 34.6 Å². The van der Waals surface area contributed by atoms with E-state index in [2.05, 4.69) is 27.1 Å². The number of carbonyl (C=O) groups is 2. The van der Waals surface area contributed by atoms with Crippen LogP contribution in [0.4, 0.5) is 10.1 Å². The lowest BCUT2D eigenvalue weighted by Crippen LogP contribution is -2.49. The van der Waals surface area contributed by atoms with E-state index in [-0.39, 0.29) is 28.8 Å². The highest BCUT2D eigenvalue weighted by Crippen LogP contribution is 2.28. The predicted molar refractivity (Wildman–Crippen MR) is 149 cm³/mol. The molecule has 1 aliphatic rings. The number of halogens is 1. The fraction of sp³-hybridized carbons (Fsp3) is 0.367. The van der Waals surface area contributed by atoms with E-state index >= 15 is 0 Å². The van der Waals surface area contributed by atoms with Gasteiger partial charge in [0.15, 0.2) is 0 Å². The van der Waals surface area contributed by atoms with Crippen LogP contribution in [0.25, 0.3) is 11.3 Å². The molecule has 1 fully saturated rings. The Bertz CT molecular complexity index is 1220. The second kappa shape index (κ2) is 12.8. The molecule has 0 spiro atoms. The maximum absolute atomic E-state index is 14.1. The predicted octanol–water partition coefficient (Wildman–Crippen LogP) is 5.10. The van der Waals surface area contributed by atoms with Crippen LogP contribution in [0.5, 0.6) is 0 Å². The van der Waals surface area contributed by atoms with Crippen molar-refractivity contribution < 1.29 is 18.7 Å². The molecule has 0 radical (unpaired) electrons. The van der Waals surface area contributed by atoms with Gasteiger partial charge in [-0.1, -0.05) is 45.6 Å². The Morgan fingerprint density at radius 2 is 1.84 bits per heavy atom. The Morgan fingerprint density at radius 3 is 2.42 bits per heavy atom. The molecule has 0 saturated carbocycles. The first-order chi connectivity index (χ1) is 18.0. The second-order valence-corrected chi connectivity index (χ2v) is 10.3. The largest absolute Gasteiger partial charge is 0.379 e. The van der Waals surface area contributed by atoms with Gasteiger partial charge in [0.25, 0.3) is 5.91 Å². The molecule has 0 aliphatic carbocycles. The number of morpholine rings is 1. The number of benzene rings is 1. The lowest BCUT2D eigenvalue weighted by atomic mass is 9.85. The number of allylic oxidation sites excluding steroid dienone is 2. The van der Waals surface area contributed by atoms with Crippen molar-refractivity contribution in [2.45, 2.75) is 40.7 Å². The maximum atomic E-state index is 14.1. The molecule has 0 bridgehead atoms. The highest BCUT2D eigenvalue weighted by molar-refractivity contribution is 6.06. The van der Waals surface area contributed by atoms with Crippen LogP contribution in [0, 0.1) is 11.2 Å². The molecule has 1 atom stereocenters. The molecule has 8 heteroatoms. The highest BCUT2D eigenvalue weighted by atomic mass is 19.1. The lowest BCUT2D eigenvalue weighted by Gasteiger charge is -2.32. The third kappa shape index (κ3) is 7.46. The first-order valence-electron chi connectivity index (χ1n) is 12.7. The molecule has 7 nitrogen and oxygen atoms in total. The van der Waals surface area contributed by atoms with Crippen molar-refractivity contribution in [2.75, 3.05) is 31.6 Å². The number of pyridine rings is 1. The molecule has 1 unspecified atom stereocenters. The minimum Gasteiger partial charge on any atom is -0.379 e. The number of nitrogens with zero attached hydrogens (tertiary/aromatic N) is 2. The lowest BCUT2D eigenvalue weighted by molar-refractivity contribution is -0.126. The monoisotopic (exact) mass is 520 g/mol. The number of anilines is 1. The Hall–Kier alpha value is -3.62. The summed E-state index contributed by atoms with van der Waals surface area (Å²) in [6.45, 7) is 16.3. The van der Waals surface area contributed by atoms with Crippen LogP contribution in [-0.2, 0) is 14.3 Å². The highest BCUT2D eigenvalue weighted by Gasteiger charge is 2.25. The van der Waals surface area contributed by atoms with Crippen LogP contribution in [0.2, 0.25) is 0 Å². The van der Waals surface area contributed by atoms with Crippen LogP contribution in [-0.4, -0.2) is 54.0 Å². The number of ether oxygens (including phenoxy) is 1. The van der Waals surface area contributed by atoms with E-state index in [0.717, 1.165) is 5.57 Å². The summed E-state index contributed by atoms with van der Waals surface area (Å²) >= 11 is 0. The van der Waals surface area contributed by atoms with Crippen molar-refractivity contribution in [3.8, 4) is 11.3 Å². The number of rotatable bonds is 8. The molecule has 1 aromatic carbocycles. The average Bonchev–Trinajstić information content (AvgIpc) is 2.90. The summed E-state index contributed by atoms with van der Waals surface area (Å²) in [5, 5.41) is 5.85. The van der Waals surface area contributed by atoms with Crippen molar-refractivity contribution in [2.24, 2.45) is 5.41 Å². The zero-order valence-corrected chi connectivity index (χ0v) is 22.8. The fourth-order valence-electron chi connectivity index (χ4n) is 3.88. The molecule has 1 aliphatic heterocycles. The molecule has 2 N–H and O–H groups in total. The third-order valence-corrected chi connectivity index (χ3v) is 6.71. The smallest absolute Gasteiger partial charge is 0.255 e. The fourth-order valence-corrected chi connectivity index (χ4v) is 3.88. The van der Waals surface area contributed by atoms with Gasteiger partial charge in [-0.05, 0) is 55.2 Å². The summed E-state index contributed by atoms with van der Waals surface area (Å²) in [4.78, 5) is 32.7. The molecule has 38 heavy (non-hydrogen) atoms. The molecule has 202 valence electrons. The Morgan fingerprint density at radius 1 is 1.16 bits per heavy atom.